The van der Waals surface area contributed by atoms with Crippen LogP contribution >= 0.6 is 0 Å². The molecule has 2 aromatic rings. The van der Waals surface area contributed by atoms with Gasteiger partial charge in [0.25, 0.3) is 0 Å². The minimum absolute atomic E-state index is 0.442. The molecule has 90 valence electrons. The number of primary amides is 1. The largest absolute Gasteiger partial charge is 0.366 e. The number of amides is 1. The first-order valence-electron chi connectivity index (χ1n) is 5.66. The van der Waals surface area contributed by atoms with Crippen LogP contribution in [-0.2, 0) is 0 Å². The first kappa shape index (κ1) is 12.0. The Hall–Kier alpha value is -2.42. The maximum Gasteiger partial charge on any atom is 0.248 e. The van der Waals surface area contributed by atoms with E-state index >= 15 is 0 Å². The molecule has 0 fully saturated rings. The molecule has 0 unspecified atom stereocenters. The Bertz CT molecular complexity index is 586. The predicted molar refractivity (Wildman–Crippen MR) is 73.4 cm³/mol. The van der Waals surface area contributed by atoms with Crippen molar-refractivity contribution in [3.63, 3.8) is 0 Å². The van der Waals surface area contributed by atoms with Gasteiger partial charge in [0.2, 0.25) is 5.91 Å². The van der Waals surface area contributed by atoms with Crippen LogP contribution in [0.15, 0.2) is 53.5 Å². The summed E-state index contributed by atoms with van der Waals surface area (Å²) in [5.74, 6) is -0.442. The highest BCUT2D eigenvalue weighted by Crippen LogP contribution is 2.14. The van der Waals surface area contributed by atoms with Gasteiger partial charge in [-0.05, 0) is 30.7 Å². The first-order chi connectivity index (χ1) is 8.65. The van der Waals surface area contributed by atoms with Gasteiger partial charge in [-0.1, -0.05) is 35.9 Å². The number of benzene rings is 2. The van der Waals surface area contributed by atoms with E-state index in [9.17, 15) is 4.79 Å². The van der Waals surface area contributed by atoms with Crippen LogP contribution in [0, 0.1) is 6.92 Å². The molecule has 0 radical (unpaired) electrons. The topological polar surface area (TPSA) is 55.4 Å². The number of aliphatic imine (C=N–C) groups is 1. The van der Waals surface area contributed by atoms with E-state index in [0.717, 1.165) is 5.56 Å². The van der Waals surface area contributed by atoms with Gasteiger partial charge in [-0.25, -0.2) is 0 Å². The molecule has 0 spiro atoms. The molecule has 0 saturated carbocycles. The van der Waals surface area contributed by atoms with Crippen molar-refractivity contribution in [3.8, 4) is 0 Å². The minimum atomic E-state index is -0.442. The van der Waals surface area contributed by atoms with E-state index < -0.39 is 5.91 Å². The van der Waals surface area contributed by atoms with Gasteiger partial charge in [-0.2, -0.15) is 0 Å². The van der Waals surface area contributed by atoms with E-state index in [1.165, 1.54) is 5.56 Å². The Morgan fingerprint density at radius 1 is 1.17 bits per heavy atom. The summed E-state index contributed by atoms with van der Waals surface area (Å²) in [4.78, 5) is 15.4. The summed E-state index contributed by atoms with van der Waals surface area (Å²) in [7, 11) is 0. The second-order valence-electron chi connectivity index (χ2n) is 4.08. The number of nitrogens with two attached hydrogens (primary N) is 1. The van der Waals surface area contributed by atoms with Gasteiger partial charge in [0.15, 0.2) is 0 Å². The molecule has 3 nitrogen and oxygen atoms in total. The summed E-state index contributed by atoms with van der Waals surface area (Å²) in [6, 6.07) is 15.0. The molecular weight excluding hydrogens is 224 g/mol. The van der Waals surface area contributed by atoms with Gasteiger partial charge >= 0.3 is 0 Å². The highest BCUT2D eigenvalue weighted by Gasteiger charge is 1.99. The van der Waals surface area contributed by atoms with Crippen molar-refractivity contribution in [2.24, 2.45) is 10.7 Å². The molecule has 0 aliphatic rings. The molecule has 0 aliphatic heterocycles. The monoisotopic (exact) mass is 238 g/mol. The zero-order valence-corrected chi connectivity index (χ0v) is 10.1. The molecule has 2 aromatic carbocycles. The summed E-state index contributed by atoms with van der Waals surface area (Å²) in [6.07, 6.45) is 1.76. The molecule has 3 heteroatoms. The van der Waals surface area contributed by atoms with Crippen LogP contribution < -0.4 is 5.73 Å². The van der Waals surface area contributed by atoms with Gasteiger partial charge in [0.1, 0.15) is 0 Å². The number of aryl methyl sites for hydroxylation is 1. The third kappa shape index (κ3) is 3.04. The SMILES string of the molecule is Cc1ccc(C=Nc2cccc(C(N)=O)c2)cc1. The fourth-order valence-corrected chi connectivity index (χ4v) is 1.54. The highest BCUT2D eigenvalue weighted by molar-refractivity contribution is 5.93. The molecule has 0 heterocycles. The molecule has 2 N–H and O–H groups in total. The third-order valence-corrected chi connectivity index (χ3v) is 2.57. The average Bonchev–Trinajstić information content (AvgIpc) is 2.38. The van der Waals surface area contributed by atoms with Crippen LogP contribution in [0.25, 0.3) is 0 Å². The van der Waals surface area contributed by atoms with Crippen LogP contribution in [0.2, 0.25) is 0 Å². The molecule has 0 aliphatic carbocycles. The van der Waals surface area contributed by atoms with Crippen molar-refractivity contribution in [2.45, 2.75) is 6.92 Å². The van der Waals surface area contributed by atoms with Crippen molar-refractivity contribution < 1.29 is 4.79 Å². The van der Waals surface area contributed by atoms with E-state index in [1.807, 2.05) is 37.3 Å². The highest BCUT2D eigenvalue weighted by atomic mass is 16.1. The molecule has 0 bridgehead atoms. The van der Waals surface area contributed by atoms with Gasteiger partial charge in [-0.15, -0.1) is 0 Å². The van der Waals surface area contributed by atoms with Gasteiger partial charge in [0, 0.05) is 11.8 Å². The quantitative estimate of drug-likeness (QED) is 0.821. The van der Waals surface area contributed by atoms with Crippen LogP contribution in [-0.4, -0.2) is 12.1 Å². The fourth-order valence-electron chi connectivity index (χ4n) is 1.54. The summed E-state index contributed by atoms with van der Waals surface area (Å²) < 4.78 is 0. The van der Waals surface area contributed by atoms with Crippen LogP contribution in [0.1, 0.15) is 21.5 Å². The van der Waals surface area contributed by atoms with Crippen LogP contribution in [0.3, 0.4) is 0 Å². The number of hydrogen-bond donors (Lipinski definition) is 1. The zero-order chi connectivity index (χ0) is 13.0. The van der Waals surface area contributed by atoms with Gasteiger partial charge < -0.3 is 5.73 Å². The van der Waals surface area contributed by atoms with Crippen LogP contribution in [0.4, 0.5) is 5.69 Å². The summed E-state index contributed by atoms with van der Waals surface area (Å²) in [5, 5.41) is 0. The third-order valence-electron chi connectivity index (χ3n) is 2.57. The molecule has 0 atom stereocenters. The van der Waals surface area contributed by atoms with Crippen molar-refractivity contribution >= 4 is 17.8 Å². The molecule has 0 aromatic heterocycles. The van der Waals surface area contributed by atoms with Crippen molar-refractivity contribution in [3.05, 3.63) is 65.2 Å². The van der Waals surface area contributed by atoms with E-state index in [4.69, 9.17) is 5.73 Å². The Morgan fingerprint density at radius 3 is 2.56 bits per heavy atom. The lowest BCUT2D eigenvalue weighted by atomic mass is 10.1. The lowest BCUT2D eigenvalue weighted by Gasteiger charge is -1.98. The van der Waals surface area contributed by atoms with E-state index in [1.54, 1.807) is 24.4 Å². The first-order valence-corrected chi connectivity index (χ1v) is 5.66. The van der Waals surface area contributed by atoms with Crippen molar-refractivity contribution in [1.29, 1.82) is 0 Å². The Labute approximate surface area is 106 Å². The summed E-state index contributed by atoms with van der Waals surface area (Å²) >= 11 is 0. The number of nitrogens with zero attached hydrogens (tertiary/aromatic N) is 1. The number of rotatable bonds is 3. The van der Waals surface area contributed by atoms with Gasteiger partial charge in [0.05, 0.1) is 5.69 Å². The van der Waals surface area contributed by atoms with Crippen molar-refractivity contribution in [2.75, 3.05) is 0 Å². The standard InChI is InChI=1S/C15H14N2O/c1-11-5-7-12(8-6-11)10-17-14-4-2-3-13(9-14)15(16)18/h2-10H,1H3,(H2,16,18). The molecule has 18 heavy (non-hydrogen) atoms. The molecular formula is C15H14N2O. The number of carbonyl (C=O) groups is 1. The summed E-state index contributed by atoms with van der Waals surface area (Å²) in [6.45, 7) is 2.04. The second-order valence-corrected chi connectivity index (χ2v) is 4.08. The fraction of sp³-hybridized carbons (Fsp3) is 0.0667. The van der Waals surface area contributed by atoms with E-state index in [0.29, 0.717) is 11.3 Å². The zero-order valence-electron chi connectivity index (χ0n) is 10.1. The van der Waals surface area contributed by atoms with Crippen LogP contribution in [0.5, 0.6) is 0 Å². The minimum Gasteiger partial charge on any atom is -0.366 e. The summed E-state index contributed by atoms with van der Waals surface area (Å²) in [5.41, 5.74) is 8.63. The Kier molecular flexibility index (Phi) is 3.53. The lowest BCUT2D eigenvalue weighted by molar-refractivity contribution is 0.100. The van der Waals surface area contributed by atoms with E-state index in [-0.39, 0.29) is 0 Å². The Morgan fingerprint density at radius 2 is 1.89 bits per heavy atom. The maximum atomic E-state index is 11.0. The average molecular weight is 238 g/mol. The maximum absolute atomic E-state index is 11.0. The van der Waals surface area contributed by atoms with Crippen molar-refractivity contribution in [1.82, 2.24) is 0 Å². The predicted octanol–water partition coefficient (Wildman–Crippen LogP) is 2.84. The molecule has 1 amide bonds. The van der Waals surface area contributed by atoms with E-state index in [2.05, 4.69) is 4.99 Å². The smallest absolute Gasteiger partial charge is 0.248 e. The number of carbonyl (C=O) groups excluding carboxylic acids is 1. The second kappa shape index (κ2) is 5.27. The molecule has 0 saturated heterocycles. The normalized spacial score (nSPS) is 10.7. The lowest BCUT2D eigenvalue weighted by Crippen LogP contribution is -2.10. The Balaban J connectivity index is 2.20. The van der Waals surface area contributed by atoms with Gasteiger partial charge in [-0.3, -0.25) is 9.79 Å². The molecule has 2 rings (SSSR count). The number of hydrogen-bond acceptors (Lipinski definition) is 2.